The van der Waals surface area contributed by atoms with Crippen LogP contribution in [0, 0.1) is 13.8 Å². The zero-order chi connectivity index (χ0) is 19.1. The van der Waals surface area contributed by atoms with E-state index in [1.165, 1.54) is 0 Å². The van der Waals surface area contributed by atoms with Crippen LogP contribution in [-0.4, -0.2) is 20.6 Å². The molecule has 5 nitrogen and oxygen atoms in total. The number of nitrogens with one attached hydrogen (secondary N) is 1. The number of amides is 1. The van der Waals surface area contributed by atoms with E-state index >= 15 is 0 Å². The summed E-state index contributed by atoms with van der Waals surface area (Å²) in [6, 6.07) is 17.8. The summed E-state index contributed by atoms with van der Waals surface area (Å²) in [5, 5.41) is 8.16. The van der Waals surface area contributed by atoms with Gasteiger partial charge in [0.1, 0.15) is 6.17 Å². The Balaban J connectivity index is 1.87. The highest BCUT2D eigenvalue weighted by Gasteiger charge is 2.38. The highest BCUT2D eigenvalue weighted by atomic mass is 16.2. The van der Waals surface area contributed by atoms with Gasteiger partial charge in [-0.3, -0.25) is 9.48 Å². The number of aryl methyl sites for hydroxylation is 2. The van der Waals surface area contributed by atoms with Gasteiger partial charge in [-0.2, -0.15) is 5.10 Å². The van der Waals surface area contributed by atoms with E-state index in [1.807, 2.05) is 72.9 Å². The van der Waals surface area contributed by atoms with Crippen molar-refractivity contribution < 1.29 is 4.79 Å². The fraction of sp³-hybridized carbons (Fsp3) is 0.273. The molecule has 3 aromatic rings. The molecule has 1 aliphatic rings. The van der Waals surface area contributed by atoms with E-state index in [4.69, 9.17) is 0 Å². The number of para-hydroxylation sites is 1. The number of carbonyl (C=O) groups is 1. The SMILES string of the molecule is Cc1nn(C)c(C)c1[C@@H]1Nc2ccccc2C(=O)N1[C@H](C)c1ccccc1. The van der Waals surface area contributed by atoms with Crippen molar-refractivity contribution in [3.05, 3.63) is 82.7 Å². The Labute approximate surface area is 159 Å². The van der Waals surface area contributed by atoms with E-state index in [1.54, 1.807) is 0 Å². The van der Waals surface area contributed by atoms with Gasteiger partial charge in [-0.15, -0.1) is 0 Å². The van der Waals surface area contributed by atoms with Crippen LogP contribution in [0.2, 0.25) is 0 Å². The molecule has 0 radical (unpaired) electrons. The van der Waals surface area contributed by atoms with Crippen LogP contribution in [0.1, 0.15) is 52.0 Å². The molecule has 0 unspecified atom stereocenters. The summed E-state index contributed by atoms with van der Waals surface area (Å²) >= 11 is 0. The standard InChI is InChI=1S/C22H24N4O/c1-14-20(16(3)25(4)24-14)21-23-19-13-9-8-12-18(19)22(27)26(21)15(2)17-10-6-5-7-11-17/h5-13,15,21,23H,1-4H3/t15-,21-/m1/s1. The van der Waals surface area contributed by atoms with Crippen molar-refractivity contribution in [3.8, 4) is 0 Å². The molecule has 0 aliphatic carbocycles. The molecule has 2 atom stereocenters. The van der Waals surface area contributed by atoms with Crippen molar-refractivity contribution in [1.82, 2.24) is 14.7 Å². The van der Waals surface area contributed by atoms with Crippen molar-refractivity contribution >= 4 is 11.6 Å². The summed E-state index contributed by atoms with van der Waals surface area (Å²) in [5.41, 5.74) is 5.73. The molecular formula is C22H24N4O. The molecule has 1 aliphatic heterocycles. The second-order valence-corrected chi connectivity index (χ2v) is 7.10. The van der Waals surface area contributed by atoms with Crippen molar-refractivity contribution in [3.63, 3.8) is 0 Å². The van der Waals surface area contributed by atoms with Gasteiger partial charge in [0.05, 0.1) is 17.3 Å². The largest absolute Gasteiger partial charge is 0.361 e. The Bertz CT molecular complexity index is 993. The molecule has 27 heavy (non-hydrogen) atoms. The molecular weight excluding hydrogens is 336 g/mol. The lowest BCUT2D eigenvalue weighted by Gasteiger charge is -2.42. The molecule has 5 heteroatoms. The topological polar surface area (TPSA) is 50.2 Å². The number of aromatic nitrogens is 2. The van der Waals surface area contributed by atoms with Crippen molar-refractivity contribution in [2.75, 3.05) is 5.32 Å². The maximum atomic E-state index is 13.5. The lowest BCUT2D eigenvalue weighted by molar-refractivity contribution is 0.0595. The van der Waals surface area contributed by atoms with Gasteiger partial charge in [-0.25, -0.2) is 0 Å². The summed E-state index contributed by atoms with van der Waals surface area (Å²) < 4.78 is 1.88. The minimum absolute atomic E-state index is 0.0355. The van der Waals surface area contributed by atoms with Crippen molar-refractivity contribution in [2.24, 2.45) is 7.05 Å². The monoisotopic (exact) mass is 360 g/mol. The summed E-state index contributed by atoms with van der Waals surface area (Å²) in [6.07, 6.45) is -0.267. The first kappa shape index (κ1) is 17.3. The fourth-order valence-corrected chi connectivity index (χ4v) is 3.96. The van der Waals surface area contributed by atoms with Gasteiger partial charge in [-0.1, -0.05) is 42.5 Å². The zero-order valence-electron chi connectivity index (χ0n) is 16.1. The van der Waals surface area contributed by atoms with Crippen LogP contribution in [0.5, 0.6) is 0 Å². The predicted octanol–water partition coefficient (Wildman–Crippen LogP) is 4.36. The molecule has 2 aromatic carbocycles. The molecule has 4 rings (SSSR count). The number of rotatable bonds is 3. The third-order valence-corrected chi connectivity index (χ3v) is 5.50. The van der Waals surface area contributed by atoms with Crippen LogP contribution in [0.25, 0.3) is 0 Å². The summed E-state index contributed by atoms with van der Waals surface area (Å²) in [6.45, 7) is 6.13. The quantitative estimate of drug-likeness (QED) is 0.755. The van der Waals surface area contributed by atoms with Gasteiger partial charge in [0.2, 0.25) is 0 Å². The van der Waals surface area contributed by atoms with Gasteiger partial charge in [-0.05, 0) is 38.5 Å². The lowest BCUT2D eigenvalue weighted by Crippen LogP contribution is -2.44. The van der Waals surface area contributed by atoms with Crippen LogP contribution in [0.15, 0.2) is 54.6 Å². The van der Waals surface area contributed by atoms with E-state index in [9.17, 15) is 4.79 Å². The minimum atomic E-state index is -0.267. The van der Waals surface area contributed by atoms with Crippen LogP contribution in [0.4, 0.5) is 5.69 Å². The first-order chi connectivity index (χ1) is 13.0. The van der Waals surface area contributed by atoms with E-state index in [0.29, 0.717) is 5.56 Å². The van der Waals surface area contributed by atoms with Crippen molar-refractivity contribution in [1.29, 1.82) is 0 Å². The maximum absolute atomic E-state index is 13.5. The maximum Gasteiger partial charge on any atom is 0.258 e. The molecule has 0 bridgehead atoms. The number of anilines is 1. The zero-order valence-corrected chi connectivity index (χ0v) is 16.1. The lowest BCUT2D eigenvalue weighted by atomic mass is 9.98. The van der Waals surface area contributed by atoms with Gasteiger partial charge in [0, 0.05) is 24.0 Å². The molecule has 0 saturated carbocycles. The first-order valence-electron chi connectivity index (χ1n) is 9.22. The highest BCUT2D eigenvalue weighted by Crippen LogP contribution is 2.40. The van der Waals surface area contributed by atoms with Crippen molar-refractivity contribution in [2.45, 2.75) is 33.0 Å². The molecule has 0 saturated heterocycles. The Morgan fingerprint density at radius 3 is 2.37 bits per heavy atom. The Kier molecular flexibility index (Phi) is 4.22. The van der Waals surface area contributed by atoms with Crippen LogP contribution < -0.4 is 5.32 Å². The number of hydrogen-bond donors (Lipinski definition) is 1. The first-order valence-corrected chi connectivity index (χ1v) is 9.22. The molecule has 0 spiro atoms. The highest BCUT2D eigenvalue weighted by molar-refractivity contribution is 6.02. The van der Waals surface area contributed by atoms with Crippen LogP contribution >= 0.6 is 0 Å². The number of fused-ring (bicyclic) bond motifs is 1. The van der Waals surface area contributed by atoms with E-state index in [0.717, 1.165) is 28.2 Å². The number of hydrogen-bond acceptors (Lipinski definition) is 3. The molecule has 1 aromatic heterocycles. The van der Waals surface area contributed by atoms with E-state index in [2.05, 4.69) is 29.5 Å². The van der Waals surface area contributed by atoms with Gasteiger partial charge in [0.15, 0.2) is 0 Å². The van der Waals surface area contributed by atoms with Crippen LogP contribution in [0.3, 0.4) is 0 Å². The number of nitrogens with zero attached hydrogens (tertiary/aromatic N) is 3. The molecule has 138 valence electrons. The smallest absolute Gasteiger partial charge is 0.258 e. The molecule has 1 amide bonds. The fourth-order valence-electron chi connectivity index (χ4n) is 3.96. The van der Waals surface area contributed by atoms with Crippen LogP contribution in [-0.2, 0) is 7.05 Å². The number of benzene rings is 2. The molecule has 0 fully saturated rings. The normalized spacial score (nSPS) is 17.4. The second kappa shape index (κ2) is 6.58. The van der Waals surface area contributed by atoms with Gasteiger partial charge in [0.25, 0.3) is 5.91 Å². The third-order valence-electron chi connectivity index (χ3n) is 5.50. The predicted molar refractivity (Wildman–Crippen MR) is 107 cm³/mol. The van der Waals surface area contributed by atoms with Gasteiger partial charge >= 0.3 is 0 Å². The molecule has 2 heterocycles. The van der Waals surface area contributed by atoms with E-state index in [-0.39, 0.29) is 18.1 Å². The third kappa shape index (κ3) is 2.79. The Hall–Kier alpha value is -3.08. The minimum Gasteiger partial charge on any atom is -0.361 e. The average Bonchev–Trinajstić information content (AvgIpc) is 2.93. The summed E-state index contributed by atoms with van der Waals surface area (Å²) in [4.78, 5) is 15.4. The van der Waals surface area contributed by atoms with Gasteiger partial charge < -0.3 is 10.2 Å². The summed E-state index contributed by atoms with van der Waals surface area (Å²) in [7, 11) is 1.94. The Morgan fingerprint density at radius 2 is 1.70 bits per heavy atom. The average molecular weight is 360 g/mol. The second-order valence-electron chi connectivity index (χ2n) is 7.10. The molecule has 1 N–H and O–H groups in total. The number of carbonyl (C=O) groups excluding carboxylic acids is 1. The Morgan fingerprint density at radius 1 is 1.04 bits per heavy atom. The summed E-state index contributed by atoms with van der Waals surface area (Å²) in [5.74, 6) is 0.0355. The van der Waals surface area contributed by atoms with E-state index < -0.39 is 0 Å².